The predicted octanol–water partition coefficient (Wildman–Crippen LogP) is 0.905. The highest BCUT2D eigenvalue weighted by atomic mass is 79.9. The van der Waals surface area contributed by atoms with Crippen LogP contribution in [0.1, 0.15) is 0 Å². The number of aromatic amines is 1. The van der Waals surface area contributed by atoms with E-state index < -0.39 is 0 Å². The maximum absolute atomic E-state index is 11.2. The molecular formula is C8H7BrN4O. The fourth-order valence-corrected chi connectivity index (χ4v) is 1.36. The fourth-order valence-electron chi connectivity index (χ4n) is 1.11. The average Bonchev–Trinajstić information content (AvgIpc) is 2.57. The molecule has 0 saturated carbocycles. The van der Waals surface area contributed by atoms with Crippen molar-refractivity contribution in [1.82, 2.24) is 14.8 Å². The lowest BCUT2D eigenvalue weighted by molar-refractivity contribution is 0.983. The summed E-state index contributed by atoms with van der Waals surface area (Å²) in [6.07, 6.45) is 1.41. The van der Waals surface area contributed by atoms with Crippen molar-refractivity contribution >= 4 is 21.6 Å². The van der Waals surface area contributed by atoms with Crippen LogP contribution < -0.4 is 11.4 Å². The molecule has 14 heavy (non-hydrogen) atoms. The van der Waals surface area contributed by atoms with E-state index in [0.717, 1.165) is 4.47 Å². The Morgan fingerprint density at radius 1 is 1.50 bits per heavy atom. The molecule has 0 bridgehead atoms. The number of halogens is 1. The van der Waals surface area contributed by atoms with Gasteiger partial charge in [-0.2, -0.15) is 5.10 Å². The molecule has 2 rings (SSSR count). The van der Waals surface area contributed by atoms with Crippen molar-refractivity contribution in [3.05, 3.63) is 39.5 Å². The Morgan fingerprint density at radius 3 is 2.86 bits per heavy atom. The number of H-pyrrole nitrogens is 1. The van der Waals surface area contributed by atoms with Gasteiger partial charge in [-0.3, -0.25) is 0 Å². The van der Waals surface area contributed by atoms with E-state index in [9.17, 15) is 4.79 Å². The van der Waals surface area contributed by atoms with Crippen LogP contribution in [0.2, 0.25) is 0 Å². The van der Waals surface area contributed by atoms with Crippen molar-refractivity contribution in [2.45, 2.75) is 0 Å². The van der Waals surface area contributed by atoms with Gasteiger partial charge >= 0.3 is 5.69 Å². The largest absolute Gasteiger partial charge is 0.398 e. The molecular weight excluding hydrogens is 248 g/mol. The minimum Gasteiger partial charge on any atom is -0.398 e. The Morgan fingerprint density at radius 2 is 2.29 bits per heavy atom. The third-order valence-electron chi connectivity index (χ3n) is 1.81. The summed E-state index contributed by atoms with van der Waals surface area (Å²) >= 11 is 3.28. The number of hydrogen-bond acceptors (Lipinski definition) is 3. The second-order valence-electron chi connectivity index (χ2n) is 2.74. The quantitative estimate of drug-likeness (QED) is 0.743. The zero-order valence-corrected chi connectivity index (χ0v) is 8.65. The second-order valence-corrected chi connectivity index (χ2v) is 3.59. The van der Waals surface area contributed by atoms with E-state index in [4.69, 9.17) is 5.73 Å². The summed E-state index contributed by atoms with van der Waals surface area (Å²) < 4.78 is 2.18. The molecule has 2 aromatic rings. The molecule has 6 heteroatoms. The van der Waals surface area contributed by atoms with Crippen LogP contribution in [-0.2, 0) is 0 Å². The third kappa shape index (κ3) is 1.44. The third-order valence-corrected chi connectivity index (χ3v) is 2.53. The van der Waals surface area contributed by atoms with E-state index in [1.54, 1.807) is 18.2 Å². The number of hydrogen-bond donors (Lipinski definition) is 2. The molecule has 1 aromatic heterocycles. The van der Waals surface area contributed by atoms with Gasteiger partial charge in [0.1, 0.15) is 6.33 Å². The topological polar surface area (TPSA) is 76.7 Å². The van der Waals surface area contributed by atoms with Crippen LogP contribution in [0.4, 0.5) is 5.69 Å². The van der Waals surface area contributed by atoms with Crippen LogP contribution >= 0.6 is 15.9 Å². The van der Waals surface area contributed by atoms with Crippen LogP contribution in [-0.4, -0.2) is 14.8 Å². The molecule has 0 aliphatic heterocycles. The van der Waals surface area contributed by atoms with Gasteiger partial charge in [-0.15, -0.1) is 0 Å². The standard InChI is InChI=1S/C8H7BrN4O/c9-6-2-1-5(3-7(6)10)13-4-11-12-8(13)14/h1-4H,10H2,(H,12,14). The van der Waals surface area contributed by atoms with Gasteiger partial charge in [0, 0.05) is 10.2 Å². The van der Waals surface area contributed by atoms with Gasteiger partial charge < -0.3 is 5.73 Å². The van der Waals surface area contributed by atoms with Crippen LogP contribution in [0, 0.1) is 0 Å². The lowest BCUT2D eigenvalue weighted by Gasteiger charge is -2.02. The van der Waals surface area contributed by atoms with Crippen molar-refractivity contribution in [3.63, 3.8) is 0 Å². The van der Waals surface area contributed by atoms with Gasteiger partial charge in [0.15, 0.2) is 0 Å². The molecule has 0 atom stereocenters. The Bertz CT molecular complexity index is 516. The summed E-state index contributed by atoms with van der Waals surface area (Å²) in [7, 11) is 0. The van der Waals surface area contributed by atoms with Crippen LogP contribution in [0.25, 0.3) is 5.69 Å². The summed E-state index contributed by atoms with van der Waals surface area (Å²) in [6, 6.07) is 5.25. The summed E-state index contributed by atoms with van der Waals surface area (Å²) in [4.78, 5) is 11.2. The first-order chi connectivity index (χ1) is 6.68. The number of anilines is 1. The van der Waals surface area contributed by atoms with Crippen LogP contribution in [0.15, 0.2) is 33.8 Å². The molecule has 1 aromatic carbocycles. The number of nitrogens with one attached hydrogen (secondary N) is 1. The van der Waals surface area contributed by atoms with E-state index in [-0.39, 0.29) is 5.69 Å². The summed E-state index contributed by atoms with van der Waals surface area (Å²) in [5, 5.41) is 5.93. The zero-order chi connectivity index (χ0) is 10.1. The highest BCUT2D eigenvalue weighted by Crippen LogP contribution is 2.21. The SMILES string of the molecule is Nc1cc(-n2cn[nH]c2=O)ccc1Br. The summed E-state index contributed by atoms with van der Waals surface area (Å²) in [5.41, 5.74) is 6.66. The number of nitrogen functional groups attached to an aromatic ring is 1. The first-order valence-electron chi connectivity index (χ1n) is 3.86. The molecule has 0 saturated heterocycles. The molecule has 3 N–H and O–H groups in total. The Kier molecular flexibility index (Phi) is 2.12. The molecule has 0 spiro atoms. The number of benzene rings is 1. The van der Waals surface area contributed by atoms with Gasteiger partial charge in [-0.25, -0.2) is 14.5 Å². The van der Waals surface area contributed by atoms with E-state index in [1.807, 2.05) is 0 Å². The van der Waals surface area contributed by atoms with E-state index in [1.165, 1.54) is 10.9 Å². The lowest BCUT2D eigenvalue weighted by Crippen LogP contribution is -2.14. The Hall–Kier alpha value is -1.56. The number of rotatable bonds is 1. The predicted molar refractivity (Wildman–Crippen MR) is 56.3 cm³/mol. The maximum Gasteiger partial charge on any atom is 0.347 e. The molecule has 72 valence electrons. The van der Waals surface area contributed by atoms with E-state index in [2.05, 4.69) is 26.1 Å². The number of aromatic nitrogens is 3. The van der Waals surface area contributed by atoms with Crippen LogP contribution in [0.3, 0.4) is 0 Å². The molecule has 0 aliphatic carbocycles. The molecule has 1 heterocycles. The zero-order valence-electron chi connectivity index (χ0n) is 7.07. The first kappa shape index (κ1) is 9.01. The van der Waals surface area contributed by atoms with E-state index >= 15 is 0 Å². The van der Waals surface area contributed by atoms with Crippen molar-refractivity contribution < 1.29 is 0 Å². The molecule has 0 fully saturated rings. The lowest BCUT2D eigenvalue weighted by atomic mass is 10.3. The highest BCUT2D eigenvalue weighted by Gasteiger charge is 2.02. The average molecular weight is 255 g/mol. The Labute approximate surface area is 87.7 Å². The molecule has 0 amide bonds. The van der Waals surface area contributed by atoms with Crippen molar-refractivity contribution in [1.29, 1.82) is 0 Å². The minimum atomic E-state index is -0.285. The summed E-state index contributed by atoms with van der Waals surface area (Å²) in [5.74, 6) is 0. The van der Waals surface area contributed by atoms with Crippen molar-refractivity contribution in [2.75, 3.05) is 5.73 Å². The van der Waals surface area contributed by atoms with Gasteiger partial charge in [0.05, 0.1) is 5.69 Å². The normalized spacial score (nSPS) is 10.4. The van der Waals surface area contributed by atoms with Crippen LogP contribution in [0.5, 0.6) is 0 Å². The van der Waals surface area contributed by atoms with E-state index in [0.29, 0.717) is 11.4 Å². The molecule has 0 aliphatic rings. The molecule has 5 nitrogen and oxygen atoms in total. The van der Waals surface area contributed by atoms with Gasteiger partial charge in [-0.05, 0) is 34.1 Å². The maximum atomic E-state index is 11.2. The highest BCUT2D eigenvalue weighted by molar-refractivity contribution is 9.10. The Balaban J connectivity index is 2.59. The molecule has 0 unspecified atom stereocenters. The van der Waals surface area contributed by atoms with Crippen molar-refractivity contribution in [2.24, 2.45) is 0 Å². The minimum absolute atomic E-state index is 0.285. The second kappa shape index (κ2) is 3.30. The molecule has 0 radical (unpaired) electrons. The monoisotopic (exact) mass is 254 g/mol. The van der Waals surface area contributed by atoms with Crippen molar-refractivity contribution in [3.8, 4) is 5.69 Å². The van der Waals surface area contributed by atoms with Gasteiger partial charge in [-0.1, -0.05) is 0 Å². The first-order valence-corrected chi connectivity index (χ1v) is 4.65. The fraction of sp³-hybridized carbons (Fsp3) is 0. The van der Waals surface area contributed by atoms with Gasteiger partial charge in [0.2, 0.25) is 0 Å². The summed E-state index contributed by atoms with van der Waals surface area (Å²) in [6.45, 7) is 0. The smallest absolute Gasteiger partial charge is 0.347 e. The number of nitrogens with zero attached hydrogens (tertiary/aromatic N) is 2. The number of nitrogens with two attached hydrogens (primary N) is 1. The van der Waals surface area contributed by atoms with Gasteiger partial charge in [0.25, 0.3) is 0 Å².